The normalized spacial score (nSPS) is 12.3. The van der Waals surface area contributed by atoms with Crippen LogP contribution in [-0.2, 0) is 14.3 Å². The fourth-order valence-electron chi connectivity index (χ4n) is 2.23. The Morgan fingerprint density at radius 2 is 2.05 bits per heavy atom. The molecule has 0 saturated carbocycles. The number of nitrogens with one attached hydrogen (secondary N) is 1. The first-order valence-electron chi connectivity index (χ1n) is 6.35. The minimum atomic E-state index is -0.534. The topological polar surface area (TPSA) is 59.2 Å². The van der Waals surface area contributed by atoms with E-state index in [9.17, 15) is 9.59 Å². The van der Waals surface area contributed by atoms with E-state index in [-0.39, 0.29) is 18.2 Å². The summed E-state index contributed by atoms with van der Waals surface area (Å²) in [6.07, 6.45) is 1.95. The third kappa shape index (κ3) is 2.84. The molecule has 0 aliphatic heterocycles. The van der Waals surface area contributed by atoms with Crippen molar-refractivity contribution in [3.63, 3.8) is 0 Å². The van der Waals surface area contributed by atoms with Crippen LogP contribution >= 0.6 is 0 Å². The van der Waals surface area contributed by atoms with Crippen LogP contribution in [0, 0.1) is 0 Å². The van der Waals surface area contributed by atoms with E-state index >= 15 is 0 Å². The molecule has 0 bridgehead atoms. The first-order chi connectivity index (χ1) is 9.13. The van der Waals surface area contributed by atoms with Gasteiger partial charge in [-0.05, 0) is 25.5 Å². The van der Waals surface area contributed by atoms with Crippen LogP contribution in [0.25, 0.3) is 10.9 Å². The summed E-state index contributed by atoms with van der Waals surface area (Å²) >= 11 is 0. The Bertz CT molecular complexity index is 600. The molecular weight excluding hydrogens is 242 g/mol. The van der Waals surface area contributed by atoms with Gasteiger partial charge in [0.15, 0.2) is 0 Å². The summed E-state index contributed by atoms with van der Waals surface area (Å²) in [5, 5.41) is 0.960. The summed E-state index contributed by atoms with van der Waals surface area (Å²) in [5.41, 5.74) is 1.78. The number of benzene rings is 1. The fraction of sp³-hybridized carbons (Fsp3) is 0.333. The van der Waals surface area contributed by atoms with Crippen molar-refractivity contribution in [3.05, 3.63) is 36.0 Å². The second kappa shape index (κ2) is 5.69. The molecule has 0 aliphatic rings. The van der Waals surface area contributed by atoms with Crippen LogP contribution in [0.1, 0.15) is 31.7 Å². The number of fused-ring (bicyclic) bond motifs is 1. The number of hydrogen-bond acceptors (Lipinski definition) is 3. The van der Waals surface area contributed by atoms with E-state index < -0.39 is 5.92 Å². The number of ketones is 1. The van der Waals surface area contributed by atoms with E-state index in [1.54, 1.807) is 13.1 Å². The van der Waals surface area contributed by atoms with Gasteiger partial charge in [0.05, 0.1) is 12.5 Å². The van der Waals surface area contributed by atoms with Crippen molar-refractivity contribution in [3.8, 4) is 0 Å². The standard InChI is InChI=1S/C15H17NO3/c1-3-19-15(18)12(8-10(2)17)13-9-16-14-7-5-4-6-11(13)14/h4-7,9,12,16H,3,8H2,1-2H3/t12-/m1/s1. The Balaban J connectivity index is 2.42. The Kier molecular flexibility index (Phi) is 4.00. The summed E-state index contributed by atoms with van der Waals surface area (Å²) < 4.78 is 5.07. The molecule has 0 fully saturated rings. The molecule has 0 amide bonds. The highest BCUT2D eigenvalue weighted by Gasteiger charge is 2.26. The average Bonchev–Trinajstić information content (AvgIpc) is 2.79. The molecule has 4 nitrogen and oxygen atoms in total. The number of Topliss-reactive ketones (excluding diaryl/α,β-unsaturated/α-hetero) is 1. The number of H-pyrrole nitrogens is 1. The summed E-state index contributed by atoms with van der Waals surface area (Å²) in [6, 6.07) is 7.71. The van der Waals surface area contributed by atoms with Crippen LogP contribution < -0.4 is 0 Å². The summed E-state index contributed by atoms with van der Waals surface area (Å²) in [7, 11) is 0. The van der Waals surface area contributed by atoms with Gasteiger partial charge in [-0.2, -0.15) is 0 Å². The number of carbonyl (C=O) groups excluding carboxylic acids is 2. The summed E-state index contributed by atoms with van der Waals surface area (Å²) in [5.74, 6) is -0.903. The molecule has 0 spiro atoms. The Morgan fingerprint density at radius 3 is 2.74 bits per heavy atom. The van der Waals surface area contributed by atoms with Gasteiger partial charge in [0.2, 0.25) is 0 Å². The van der Waals surface area contributed by atoms with Gasteiger partial charge >= 0.3 is 5.97 Å². The first kappa shape index (κ1) is 13.3. The maximum absolute atomic E-state index is 12.0. The predicted molar refractivity (Wildman–Crippen MR) is 73.0 cm³/mol. The van der Waals surface area contributed by atoms with Crippen molar-refractivity contribution >= 4 is 22.7 Å². The number of hydrogen-bond donors (Lipinski definition) is 1. The Morgan fingerprint density at radius 1 is 1.32 bits per heavy atom. The molecule has 1 N–H and O–H groups in total. The van der Waals surface area contributed by atoms with Crippen LogP contribution in [-0.4, -0.2) is 23.3 Å². The van der Waals surface area contributed by atoms with E-state index in [2.05, 4.69) is 4.98 Å². The van der Waals surface area contributed by atoms with Crippen LogP contribution in [0.4, 0.5) is 0 Å². The van der Waals surface area contributed by atoms with E-state index in [0.29, 0.717) is 6.61 Å². The number of para-hydroxylation sites is 1. The molecule has 1 aromatic heterocycles. The van der Waals surface area contributed by atoms with Gasteiger partial charge in [0.1, 0.15) is 5.78 Å². The zero-order chi connectivity index (χ0) is 13.8. The third-order valence-electron chi connectivity index (χ3n) is 3.06. The highest BCUT2D eigenvalue weighted by Crippen LogP contribution is 2.29. The van der Waals surface area contributed by atoms with Crippen molar-refractivity contribution in [2.45, 2.75) is 26.2 Å². The molecule has 1 aromatic carbocycles. The highest BCUT2D eigenvalue weighted by molar-refractivity contribution is 5.93. The molecule has 2 aromatic rings. The maximum Gasteiger partial charge on any atom is 0.313 e. The molecule has 4 heteroatoms. The number of rotatable bonds is 5. The monoisotopic (exact) mass is 259 g/mol. The minimum Gasteiger partial charge on any atom is -0.466 e. The van der Waals surface area contributed by atoms with Gasteiger partial charge in [-0.15, -0.1) is 0 Å². The van der Waals surface area contributed by atoms with Crippen molar-refractivity contribution in [1.82, 2.24) is 4.98 Å². The Hall–Kier alpha value is -2.10. The molecule has 0 saturated heterocycles. The fourth-order valence-corrected chi connectivity index (χ4v) is 2.23. The lowest BCUT2D eigenvalue weighted by atomic mass is 9.94. The first-order valence-corrected chi connectivity index (χ1v) is 6.35. The van der Waals surface area contributed by atoms with Crippen molar-refractivity contribution in [1.29, 1.82) is 0 Å². The number of esters is 1. The largest absolute Gasteiger partial charge is 0.466 e. The second-order valence-corrected chi connectivity index (χ2v) is 4.50. The lowest BCUT2D eigenvalue weighted by molar-refractivity contribution is -0.146. The zero-order valence-electron chi connectivity index (χ0n) is 11.1. The molecule has 100 valence electrons. The highest BCUT2D eigenvalue weighted by atomic mass is 16.5. The van der Waals surface area contributed by atoms with Gasteiger partial charge < -0.3 is 9.72 Å². The number of aromatic amines is 1. The van der Waals surface area contributed by atoms with E-state index in [1.807, 2.05) is 24.3 Å². The maximum atomic E-state index is 12.0. The number of carbonyl (C=O) groups is 2. The molecule has 19 heavy (non-hydrogen) atoms. The second-order valence-electron chi connectivity index (χ2n) is 4.50. The van der Waals surface area contributed by atoms with Crippen molar-refractivity contribution in [2.24, 2.45) is 0 Å². The van der Waals surface area contributed by atoms with Gasteiger partial charge in [0.25, 0.3) is 0 Å². The lowest BCUT2D eigenvalue weighted by Gasteiger charge is -2.13. The van der Waals surface area contributed by atoms with Gasteiger partial charge in [-0.25, -0.2) is 0 Å². The number of ether oxygens (including phenoxy) is 1. The van der Waals surface area contributed by atoms with Crippen molar-refractivity contribution < 1.29 is 14.3 Å². The Labute approximate surface area is 111 Å². The van der Waals surface area contributed by atoms with Crippen LogP contribution in [0.15, 0.2) is 30.5 Å². The summed E-state index contributed by atoms with van der Waals surface area (Å²) in [4.78, 5) is 26.5. The summed E-state index contributed by atoms with van der Waals surface area (Å²) in [6.45, 7) is 3.56. The SMILES string of the molecule is CCOC(=O)[C@H](CC(C)=O)c1c[nH]c2ccccc12. The van der Waals surface area contributed by atoms with Crippen LogP contribution in [0.5, 0.6) is 0 Å². The lowest BCUT2D eigenvalue weighted by Crippen LogP contribution is -2.18. The molecule has 1 heterocycles. The molecule has 0 radical (unpaired) electrons. The number of aromatic nitrogens is 1. The zero-order valence-corrected chi connectivity index (χ0v) is 11.1. The van der Waals surface area contributed by atoms with Crippen LogP contribution in [0.2, 0.25) is 0 Å². The van der Waals surface area contributed by atoms with E-state index in [4.69, 9.17) is 4.74 Å². The molecule has 0 aliphatic carbocycles. The van der Waals surface area contributed by atoms with Gasteiger partial charge in [-0.3, -0.25) is 9.59 Å². The van der Waals surface area contributed by atoms with E-state index in [0.717, 1.165) is 16.5 Å². The molecule has 0 unspecified atom stereocenters. The van der Waals surface area contributed by atoms with E-state index in [1.165, 1.54) is 6.92 Å². The average molecular weight is 259 g/mol. The van der Waals surface area contributed by atoms with Gasteiger partial charge in [0, 0.05) is 23.5 Å². The molecule has 1 atom stereocenters. The minimum absolute atomic E-state index is 0.0247. The molecule has 2 rings (SSSR count). The third-order valence-corrected chi connectivity index (χ3v) is 3.06. The quantitative estimate of drug-likeness (QED) is 0.840. The van der Waals surface area contributed by atoms with Gasteiger partial charge in [-0.1, -0.05) is 18.2 Å². The molecular formula is C15H17NO3. The van der Waals surface area contributed by atoms with Crippen LogP contribution in [0.3, 0.4) is 0 Å². The van der Waals surface area contributed by atoms with Crippen molar-refractivity contribution in [2.75, 3.05) is 6.61 Å². The smallest absolute Gasteiger partial charge is 0.313 e. The predicted octanol–water partition coefficient (Wildman–Crippen LogP) is 2.79.